The molecule has 0 aliphatic carbocycles. The van der Waals surface area contributed by atoms with Crippen LogP contribution in [0.3, 0.4) is 0 Å². The molecule has 1 unspecified atom stereocenters. The third-order valence-electron chi connectivity index (χ3n) is 3.57. The van der Waals surface area contributed by atoms with Gasteiger partial charge in [-0.2, -0.15) is 0 Å². The number of fused-ring (bicyclic) bond motifs is 2. The molecule has 4 N–H and O–H groups in total. The quantitative estimate of drug-likeness (QED) is 0.557. The van der Waals surface area contributed by atoms with Crippen LogP contribution in [0.15, 0.2) is 18.7 Å². The van der Waals surface area contributed by atoms with Gasteiger partial charge in [-0.1, -0.05) is 0 Å². The zero-order valence-electron chi connectivity index (χ0n) is 10.9. The van der Waals surface area contributed by atoms with Crippen molar-refractivity contribution in [2.75, 3.05) is 18.5 Å². The Morgan fingerprint density at radius 2 is 2.30 bits per heavy atom. The Hall–Kier alpha value is -2.06. The highest BCUT2D eigenvalue weighted by molar-refractivity contribution is 5.99. The number of aliphatic hydroxyl groups excluding tert-OH is 2. The van der Waals surface area contributed by atoms with E-state index in [1.54, 1.807) is 23.3 Å². The van der Waals surface area contributed by atoms with E-state index < -0.39 is 0 Å². The maximum absolute atomic E-state index is 12.2. The summed E-state index contributed by atoms with van der Waals surface area (Å²) in [6, 6.07) is 0. The van der Waals surface area contributed by atoms with E-state index in [1.165, 1.54) is 4.90 Å². The molecule has 0 saturated heterocycles. The summed E-state index contributed by atoms with van der Waals surface area (Å²) in [4.78, 5) is 17.9. The maximum Gasteiger partial charge on any atom is 0.283 e. The summed E-state index contributed by atoms with van der Waals surface area (Å²) in [6.45, 7) is 0.507. The van der Waals surface area contributed by atoms with Crippen LogP contribution < -0.4 is 10.6 Å². The van der Waals surface area contributed by atoms with Crippen molar-refractivity contribution >= 4 is 11.7 Å². The van der Waals surface area contributed by atoms with Gasteiger partial charge in [0.1, 0.15) is 5.82 Å². The summed E-state index contributed by atoms with van der Waals surface area (Å²) >= 11 is 0. The number of carbonyl (C=O) groups is 1. The molecular weight excluding hydrogens is 262 g/mol. The summed E-state index contributed by atoms with van der Waals surface area (Å²) < 4.78 is 1.81. The van der Waals surface area contributed by atoms with Crippen molar-refractivity contribution in [3.63, 3.8) is 0 Å². The van der Waals surface area contributed by atoms with E-state index in [9.17, 15) is 9.90 Å². The molecular formula is C12H17N5O3. The van der Waals surface area contributed by atoms with Gasteiger partial charge in [0.05, 0.1) is 6.33 Å². The minimum absolute atomic E-state index is 0.0170. The second-order valence-electron chi connectivity index (χ2n) is 4.90. The largest absolute Gasteiger partial charge is 0.396 e. The number of anilines is 1. The normalized spacial score (nSPS) is 21.2. The van der Waals surface area contributed by atoms with Gasteiger partial charge >= 0.3 is 0 Å². The molecule has 2 aliphatic heterocycles. The van der Waals surface area contributed by atoms with E-state index in [4.69, 9.17) is 5.11 Å². The van der Waals surface area contributed by atoms with Crippen LogP contribution in [0.2, 0.25) is 0 Å². The van der Waals surface area contributed by atoms with Gasteiger partial charge in [-0.05, 0) is 6.42 Å². The van der Waals surface area contributed by atoms with Crippen molar-refractivity contribution in [1.82, 2.24) is 19.8 Å². The SMILES string of the molecule is O=C1c2ncn(C[C@H](CO)CCO)c2NC2NC=CN12. The number of imidazole rings is 1. The zero-order chi connectivity index (χ0) is 14.1. The van der Waals surface area contributed by atoms with Crippen molar-refractivity contribution in [3.8, 4) is 0 Å². The number of carbonyl (C=O) groups excluding carboxylic acids is 1. The van der Waals surface area contributed by atoms with E-state index in [1.807, 2.05) is 0 Å². The smallest absolute Gasteiger partial charge is 0.283 e. The van der Waals surface area contributed by atoms with Gasteiger partial charge in [0, 0.05) is 38.1 Å². The molecule has 1 aromatic rings. The molecule has 0 bridgehead atoms. The number of hydrogen-bond acceptors (Lipinski definition) is 6. The van der Waals surface area contributed by atoms with Crippen LogP contribution in [0.25, 0.3) is 0 Å². The average molecular weight is 279 g/mol. The van der Waals surface area contributed by atoms with Gasteiger partial charge in [-0.15, -0.1) is 0 Å². The van der Waals surface area contributed by atoms with Crippen LogP contribution in [-0.4, -0.2) is 50.1 Å². The number of aliphatic hydroxyl groups is 2. The number of hydrogen-bond donors (Lipinski definition) is 4. The number of amides is 1. The minimum Gasteiger partial charge on any atom is -0.396 e. The molecule has 2 aliphatic rings. The first-order chi connectivity index (χ1) is 9.74. The van der Waals surface area contributed by atoms with E-state index in [-0.39, 0.29) is 31.3 Å². The molecule has 0 fully saturated rings. The Labute approximate surface area is 115 Å². The predicted octanol–water partition coefficient (Wildman–Crippen LogP) is -0.900. The van der Waals surface area contributed by atoms with E-state index in [0.717, 1.165) is 0 Å². The second-order valence-corrected chi connectivity index (χ2v) is 4.90. The lowest BCUT2D eigenvalue weighted by Crippen LogP contribution is -2.49. The second kappa shape index (κ2) is 5.14. The van der Waals surface area contributed by atoms with E-state index >= 15 is 0 Å². The van der Waals surface area contributed by atoms with Gasteiger partial charge in [-0.3, -0.25) is 9.69 Å². The highest BCUT2D eigenvalue weighted by atomic mass is 16.3. The van der Waals surface area contributed by atoms with Gasteiger partial charge in [0.15, 0.2) is 12.0 Å². The lowest BCUT2D eigenvalue weighted by molar-refractivity contribution is 0.0771. The first-order valence-electron chi connectivity index (χ1n) is 6.53. The third-order valence-corrected chi connectivity index (χ3v) is 3.57. The molecule has 3 heterocycles. The van der Waals surface area contributed by atoms with Crippen LogP contribution in [-0.2, 0) is 6.54 Å². The Kier molecular flexibility index (Phi) is 3.33. The molecule has 8 nitrogen and oxygen atoms in total. The highest BCUT2D eigenvalue weighted by Crippen LogP contribution is 2.26. The first-order valence-corrected chi connectivity index (χ1v) is 6.53. The van der Waals surface area contributed by atoms with Crippen LogP contribution in [0.5, 0.6) is 0 Å². The predicted molar refractivity (Wildman–Crippen MR) is 70.4 cm³/mol. The third kappa shape index (κ3) is 2.02. The first kappa shape index (κ1) is 12.9. The van der Waals surface area contributed by atoms with Crippen molar-refractivity contribution in [2.24, 2.45) is 5.92 Å². The summed E-state index contributed by atoms with van der Waals surface area (Å²) in [7, 11) is 0. The van der Waals surface area contributed by atoms with Crippen molar-refractivity contribution in [1.29, 1.82) is 0 Å². The minimum atomic E-state index is -0.295. The van der Waals surface area contributed by atoms with Gasteiger partial charge in [-0.25, -0.2) is 4.98 Å². The fourth-order valence-electron chi connectivity index (χ4n) is 2.46. The topological polar surface area (TPSA) is 103 Å². The molecule has 0 spiro atoms. The van der Waals surface area contributed by atoms with Crippen molar-refractivity contribution < 1.29 is 15.0 Å². The number of rotatable bonds is 5. The molecule has 0 aromatic carbocycles. The fraction of sp³-hybridized carbons (Fsp3) is 0.500. The summed E-state index contributed by atoms with van der Waals surface area (Å²) in [5.41, 5.74) is 0.371. The van der Waals surface area contributed by atoms with Crippen LogP contribution in [0.1, 0.15) is 16.9 Å². The molecule has 1 amide bonds. The molecule has 0 saturated carbocycles. The molecule has 3 rings (SSSR count). The lowest BCUT2D eigenvalue weighted by Gasteiger charge is -2.30. The Bertz CT molecular complexity index is 541. The van der Waals surface area contributed by atoms with E-state index in [2.05, 4.69) is 15.6 Å². The molecule has 108 valence electrons. The van der Waals surface area contributed by atoms with Gasteiger partial charge < -0.3 is 25.4 Å². The fourth-order valence-corrected chi connectivity index (χ4v) is 2.46. The summed E-state index contributed by atoms with van der Waals surface area (Å²) in [5, 5.41) is 24.5. The van der Waals surface area contributed by atoms with Gasteiger partial charge in [0.2, 0.25) is 0 Å². The molecule has 20 heavy (non-hydrogen) atoms. The van der Waals surface area contributed by atoms with E-state index in [0.29, 0.717) is 24.5 Å². The standard InChI is InChI=1S/C12H17N5O3/c18-4-1-8(6-19)5-16-7-14-9-10(16)15-12-13-2-3-17(12)11(9)20/h2-3,7-8,12-13,15,18-19H,1,4-6H2/t8-,12?/m1/s1. The van der Waals surface area contributed by atoms with Gasteiger partial charge in [0.25, 0.3) is 5.91 Å². The number of aromatic nitrogens is 2. The molecule has 1 aromatic heterocycles. The average Bonchev–Trinajstić information content (AvgIpc) is 3.06. The zero-order valence-corrected chi connectivity index (χ0v) is 10.9. The van der Waals surface area contributed by atoms with Crippen LogP contribution >= 0.6 is 0 Å². The Balaban J connectivity index is 1.83. The molecule has 8 heteroatoms. The highest BCUT2D eigenvalue weighted by Gasteiger charge is 2.36. The summed E-state index contributed by atoms with van der Waals surface area (Å²) in [5.74, 6) is 0.415. The Morgan fingerprint density at radius 1 is 1.45 bits per heavy atom. The van der Waals surface area contributed by atoms with Crippen LogP contribution in [0, 0.1) is 5.92 Å². The summed E-state index contributed by atoms with van der Waals surface area (Å²) in [6.07, 6.45) is 5.17. The molecule has 0 radical (unpaired) electrons. The number of nitrogens with zero attached hydrogens (tertiary/aromatic N) is 3. The van der Waals surface area contributed by atoms with Crippen LogP contribution in [0.4, 0.5) is 5.82 Å². The monoisotopic (exact) mass is 279 g/mol. The molecule has 2 atom stereocenters. The van der Waals surface area contributed by atoms with Crippen molar-refractivity contribution in [2.45, 2.75) is 19.3 Å². The maximum atomic E-state index is 12.2. The van der Waals surface area contributed by atoms with Crippen molar-refractivity contribution in [3.05, 3.63) is 24.4 Å². The number of nitrogens with one attached hydrogen (secondary N) is 2. The Morgan fingerprint density at radius 3 is 3.05 bits per heavy atom. The lowest BCUT2D eigenvalue weighted by atomic mass is 10.1.